The normalized spacial score (nSPS) is 16.3. The Balaban J connectivity index is 1.30. The van der Waals surface area contributed by atoms with Crippen LogP contribution in [-0.4, -0.2) is 33.1 Å². The fourth-order valence-corrected chi connectivity index (χ4v) is 4.27. The highest BCUT2D eigenvalue weighted by Crippen LogP contribution is 2.39. The first-order valence-corrected chi connectivity index (χ1v) is 10.5. The van der Waals surface area contributed by atoms with E-state index in [9.17, 15) is 9.59 Å². The molecule has 2 amide bonds. The van der Waals surface area contributed by atoms with Crippen LogP contribution in [0.15, 0.2) is 71.4 Å². The molecule has 31 heavy (non-hydrogen) atoms. The average Bonchev–Trinajstić information content (AvgIpc) is 3.38. The average molecular weight is 431 g/mol. The highest BCUT2D eigenvalue weighted by atomic mass is 32.2. The van der Waals surface area contributed by atoms with Gasteiger partial charge in [0.05, 0.1) is 11.7 Å². The van der Waals surface area contributed by atoms with Crippen LogP contribution in [-0.2, 0) is 11.4 Å². The third-order valence-electron chi connectivity index (χ3n) is 4.98. The van der Waals surface area contributed by atoms with Crippen LogP contribution in [0, 0.1) is 0 Å². The molecule has 2 aromatic carbocycles. The highest BCUT2D eigenvalue weighted by Gasteiger charge is 2.38. The molecule has 3 heterocycles. The van der Waals surface area contributed by atoms with Crippen molar-refractivity contribution in [3.8, 4) is 17.2 Å². The zero-order valence-electron chi connectivity index (χ0n) is 16.5. The molecule has 0 spiro atoms. The first kappa shape index (κ1) is 19.3. The van der Waals surface area contributed by atoms with Crippen LogP contribution in [0.2, 0.25) is 0 Å². The van der Waals surface area contributed by atoms with Crippen molar-refractivity contribution in [2.45, 2.75) is 11.9 Å². The number of ether oxygens (including phenoxy) is 1. The first-order chi connectivity index (χ1) is 15.1. The molecule has 154 valence electrons. The SMILES string of the molecule is CN1C(=O)SC(c2cnc3cc(OCc4cnc(-c5ccccc5)o4)ccc3c2)C1=O. The highest BCUT2D eigenvalue weighted by molar-refractivity contribution is 8.14. The molecule has 1 saturated heterocycles. The number of nitrogens with zero attached hydrogens (tertiary/aromatic N) is 3. The molecule has 0 aliphatic carbocycles. The van der Waals surface area contributed by atoms with E-state index in [1.165, 1.54) is 7.05 Å². The van der Waals surface area contributed by atoms with Crippen molar-refractivity contribution in [2.24, 2.45) is 0 Å². The fraction of sp³-hybridized carbons (Fsp3) is 0.130. The number of amides is 2. The molecule has 2 aromatic heterocycles. The maximum atomic E-state index is 12.2. The number of oxazole rings is 1. The van der Waals surface area contributed by atoms with E-state index >= 15 is 0 Å². The Hall–Kier alpha value is -3.65. The van der Waals surface area contributed by atoms with E-state index in [1.54, 1.807) is 12.4 Å². The van der Waals surface area contributed by atoms with Gasteiger partial charge in [-0.15, -0.1) is 0 Å². The zero-order valence-corrected chi connectivity index (χ0v) is 17.3. The van der Waals surface area contributed by atoms with Gasteiger partial charge in [0.2, 0.25) is 11.8 Å². The van der Waals surface area contributed by atoms with Crippen molar-refractivity contribution in [3.63, 3.8) is 0 Å². The Labute approximate surface area is 182 Å². The molecular weight excluding hydrogens is 414 g/mol. The molecule has 1 fully saturated rings. The van der Waals surface area contributed by atoms with E-state index in [0.717, 1.165) is 33.1 Å². The molecule has 8 heteroatoms. The smallest absolute Gasteiger partial charge is 0.289 e. The van der Waals surface area contributed by atoms with E-state index in [-0.39, 0.29) is 17.8 Å². The molecular formula is C23H17N3O4S. The van der Waals surface area contributed by atoms with Gasteiger partial charge >= 0.3 is 0 Å². The Bertz CT molecular complexity index is 1290. The molecule has 7 nitrogen and oxygen atoms in total. The van der Waals surface area contributed by atoms with E-state index in [0.29, 0.717) is 23.0 Å². The molecule has 0 saturated carbocycles. The molecule has 4 aromatic rings. The predicted octanol–water partition coefficient (Wildman–Crippen LogP) is 4.84. The molecule has 1 unspecified atom stereocenters. The fourth-order valence-electron chi connectivity index (χ4n) is 3.30. The Morgan fingerprint density at radius 3 is 2.68 bits per heavy atom. The molecule has 0 N–H and O–H groups in total. The number of rotatable bonds is 5. The van der Waals surface area contributed by atoms with Crippen molar-refractivity contribution in [1.82, 2.24) is 14.9 Å². The Morgan fingerprint density at radius 1 is 1.06 bits per heavy atom. The number of hydrogen-bond acceptors (Lipinski definition) is 7. The second-order valence-electron chi connectivity index (χ2n) is 7.07. The second-order valence-corrected chi connectivity index (χ2v) is 8.13. The number of benzene rings is 2. The van der Waals surface area contributed by atoms with Crippen LogP contribution in [0.4, 0.5) is 4.79 Å². The van der Waals surface area contributed by atoms with Crippen LogP contribution in [0.25, 0.3) is 22.4 Å². The third kappa shape index (κ3) is 3.77. The number of pyridine rings is 1. The van der Waals surface area contributed by atoms with Crippen molar-refractivity contribution in [1.29, 1.82) is 0 Å². The minimum Gasteiger partial charge on any atom is -0.486 e. The summed E-state index contributed by atoms with van der Waals surface area (Å²) in [6.45, 7) is 0.241. The summed E-state index contributed by atoms with van der Waals surface area (Å²) < 4.78 is 11.6. The lowest BCUT2D eigenvalue weighted by Crippen LogP contribution is -2.24. The summed E-state index contributed by atoms with van der Waals surface area (Å²) in [5.74, 6) is 1.59. The minimum absolute atomic E-state index is 0.224. The predicted molar refractivity (Wildman–Crippen MR) is 117 cm³/mol. The number of thioether (sulfide) groups is 1. The topological polar surface area (TPSA) is 85.5 Å². The first-order valence-electron chi connectivity index (χ1n) is 9.59. The summed E-state index contributed by atoms with van der Waals surface area (Å²) in [5.41, 5.74) is 2.36. The number of hydrogen-bond donors (Lipinski definition) is 0. The number of imide groups is 1. The zero-order chi connectivity index (χ0) is 21.4. The van der Waals surface area contributed by atoms with E-state index < -0.39 is 5.25 Å². The molecule has 5 rings (SSSR count). The lowest BCUT2D eigenvalue weighted by atomic mass is 10.1. The Kier molecular flexibility index (Phi) is 4.91. The molecule has 0 bridgehead atoms. The molecule has 1 atom stereocenters. The van der Waals surface area contributed by atoms with Gasteiger partial charge in [0, 0.05) is 30.3 Å². The molecule has 1 aliphatic rings. The van der Waals surface area contributed by atoms with Crippen molar-refractivity contribution < 1.29 is 18.7 Å². The summed E-state index contributed by atoms with van der Waals surface area (Å²) in [7, 11) is 1.49. The van der Waals surface area contributed by atoms with E-state index in [2.05, 4.69) is 9.97 Å². The third-order valence-corrected chi connectivity index (χ3v) is 6.17. The van der Waals surface area contributed by atoms with Crippen molar-refractivity contribution in [3.05, 3.63) is 78.3 Å². The van der Waals surface area contributed by atoms with E-state index in [4.69, 9.17) is 9.15 Å². The molecule has 1 aliphatic heterocycles. The standard InChI is InChI=1S/C23H17N3O4S/c1-26-22(27)20(31-23(26)28)16-9-15-7-8-17(10-19(15)24-11-16)29-13-18-12-25-21(30-18)14-5-3-2-4-6-14/h2-12,20H,13H2,1H3. The van der Waals surface area contributed by atoms with Crippen LogP contribution in [0.5, 0.6) is 5.75 Å². The Morgan fingerprint density at radius 2 is 1.90 bits per heavy atom. The van der Waals surface area contributed by atoms with Crippen molar-refractivity contribution >= 4 is 33.8 Å². The van der Waals surface area contributed by atoms with Crippen molar-refractivity contribution in [2.75, 3.05) is 7.05 Å². The van der Waals surface area contributed by atoms with Gasteiger partial charge in [-0.3, -0.25) is 19.5 Å². The quantitative estimate of drug-likeness (QED) is 0.447. The van der Waals surface area contributed by atoms with Gasteiger partial charge in [0.15, 0.2) is 5.76 Å². The number of likely N-dealkylation sites (N-methyl/N-ethyl adjacent to an activating group) is 1. The minimum atomic E-state index is -0.546. The van der Waals surface area contributed by atoms with Gasteiger partial charge in [-0.1, -0.05) is 18.2 Å². The second kappa shape index (κ2) is 7.88. The van der Waals surface area contributed by atoms with Crippen LogP contribution in [0.3, 0.4) is 0 Å². The summed E-state index contributed by atoms with van der Waals surface area (Å²) >= 11 is 1.01. The largest absolute Gasteiger partial charge is 0.486 e. The summed E-state index contributed by atoms with van der Waals surface area (Å²) in [6, 6.07) is 17.1. The van der Waals surface area contributed by atoms with Gasteiger partial charge in [-0.05, 0) is 47.7 Å². The van der Waals surface area contributed by atoms with Crippen LogP contribution < -0.4 is 4.74 Å². The number of aromatic nitrogens is 2. The summed E-state index contributed by atoms with van der Waals surface area (Å²) in [5, 5.41) is 0.0727. The van der Waals surface area contributed by atoms with Gasteiger partial charge in [-0.2, -0.15) is 0 Å². The lowest BCUT2D eigenvalue weighted by molar-refractivity contribution is -0.125. The van der Waals surface area contributed by atoms with Gasteiger partial charge in [-0.25, -0.2) is 4.98 Å². The maximum Gasteiger partial charge on any atom is 0.289 e. The molecule has 0 radical (unpaired) electrons. The maximum absolute atomic E-state index is 12.2. The van der Waals surface area contributed by atoms with Crippen LogP contribution in [0.1, 0.15) is 16.6 Å². The number of carbonyl (C=O) groups excluding carboxylic acids is 2. The number of fused-ring (bicyclic) bond motifs is 1. The van der Waals surface area contributed by atoms with Gasteiger partial charge in [0.25, 0.3) is 5.24 Å². The number of carbonyl (C=O) groups is 2. The monoisotopic (exact) mass is 431 g/mol. The summed E-state index contributed by atoms with van der Waals surface area (Å²) in [6.07, 6.45) is 3.29. The lowest BCUT2D eigenvalue weighted by Gasteiger charge is -2.09. The van der Waals surface area contributed by atoms with Gasteiger partial charge < -0.3 is 9.15 Å². The van der Waals surface area contributed by atoms with E-state index in [1.807, 2.05) is 54.6 Å². The van der Waals surface area contributed by atoms with Crippen LogP contribution >= 0.6 is 11.8 Å². The summed E-state index contributed by atoms with van der Waals surface area (Å²) in [4.78, 5) is 33.9. The van der Waals surface area contributed by atoms with Gasteiger partial charge in [0.1, 0.15) is 17.6 Å².